The number of esters is 1. The number of hydrogen-bond donors (Lipinski definition) is 1. The lowest BCUT2D eigenvalue weighted by molar-refractivity contribution is -0.158. The number of hydrogen-bond acceptors (Lipinski definition) is 5. The molecule has 0 bridgehead atoms. The Hall–Kier alpha value is -2.27. The average Bonchev–Trinajstić information content (AvgIpc) is 2.77. The molecule has 0 radical (unpaired) electrons. The quantitative estimate of drug-likeness (QED) is 0.459. The highest BCUT2D eigenvalue weighted by molar-refractivity contribution is 5.79. The molecule has 0 spiro atoms. The van der Waals surface area contributed by atoms with Gasteiger partial charge in [0.2, 0.25) is 0 Å². The van der Waals surface area contributed by atoms with E-state index < -0.39 is 5.60 Å². The Morgan fingerprint density at radius 3 is 2.65 bits per heavy atom. The second kappa shape index (κ2) is 8.90. The molecule has 0 saturated carbocycles. The first-order valence-corrected chi connectivity index (χ1v) is 9.06. The number of fused-ring (bicyclic) bond motifs is 1. The first-order valence-electron chi connectivity index (χ1n) is 9.06. The minimum absolute atomic E-state index is 0.325. The van der Waals surface area contributed by atoms with Crippen LogP contribution in [-0.2, 0) is 22.4 Å². The Kier molecular flexibility index (Phi) is 6.86. The molecule has 0 aliphatic carbocycles. The number of carbonyl (C=O) groups is 1. The van der Waals surface area contributed by atoms with Crippen molar-refractivity contribution in [3.8, 4) is 5.75 Å². The van der Waals surface area contributed by atoms with Crippen molar-refractivity contribution in [1.29, 1.82) is 0 Å². The van der Waals surface area contributed by atoms with Crippen molar-refractivity contribution in [1.82, 2.24) is 4.90 Å². The van der Waals surface area contributed by atoms with Gasteiger partial charge in [-0.2, -0.15) is 0 Å². The zero-order chi connectivity index (χ0) is 19.2. The van der Waals surface area contributed by atoms with Crippen LogP contribution in [0.4, 0.5) is 0 Å². The second-order valence-corrected chi connectivity index (χ2v) is 6.93. The smallest absolute Gasteiger partial charge is 0.349 e. The molecule has 1 aliphatic heterocycles. The molecule has 5 nitrogen and oxygen atoms in total. The van der Waals surface area contributed by atoms with Gasteiger partial charge in [-0.1, -0.05) is 18.7 Å². The van der Waals surface area contributed by atoms with Gasteiger partial charge < -0.3 is 14.6 Å². The van der Waals surface area contributed by atoms with Crippen molar-refractivity contribution >= 4 is 5.97 Å². The van der Waals surface area contributed by atoms with Crippen LogP contribution < -0.4 is 4.74 Å². The van der Waals surface area contributed by atoms with E-state index in [0.717, 1.165) is 25.9 Å². The third kappa shape index (κ3) is 5.36. The fraction of sp³-hybridized carbons (Fsp3) is 0.476. The summed E-state index contributed by atoms with van der Waals surface area (Å²) in [5.74, 6) is 0.626. The minimum atomic E-state index is -1.03. The molecule has 0 saturated heterocycles. The average molecular weight is 359 g/mol. The maximum atomic E-state index is 12.0. The van der Waals surface area contributed by atoms with Gasteiger partial charge in [-0.15, -0.1) is 0 Å². The highest BCUT2D eigenvalue weighted by Crippen LogP contribution is 2.25. The lowest BCUT2D eigenvalue weighted by atomic mass is 10.0. The molecule has 1 heterocycles. The van der Waals surface area contributed by atoms with E-state index in [2.05, 4.69) is 17.5 Å². The predicted octanol–water partition coefficient (Wildman–Crippen LogP) is 3.44. The number of ether oxygens (including phenoxy) is 2. The van der Waals surface area contributed by atoms with Gasteiger partial charge in [-0.3, -0.25) is 4.90 Å². The number of rotatable bonds is 7. The van der Waals surface area contributed by atoms with Crippen molar-refractivity contribution in [2.24, 2.45) is 0 Å². The van der Waals surface area contributed by atoms with Crippen LogP contribution in [0.5, 0.6) is 5.75 Å². The summed E-state index contributed by atoms with van der Waals surface area (Å²) in [6.07, 6.45) is 5.00. The van der Waals surface area contributed by atoms with Gasteiger partial charge in [0.05, 0.1) is 13.2 Å². The summed E-state index contributed by atoms with van der Waals surface area (Å²) in [7, 11) is 0. The standard InChI is InChI=1S/C21H29NO4/c1-5-7-18(23)15-22-12-10-16-8-9-19(14-17(16)11-13-22)26-21(3,4)20(24)25-6-2/h5,7-9,14,23H,1,6,10-13,15H2,2-4H3/b18-7-. The number of benzene rings is 1. The van der Waals surface area contributed by atoms with Crippen molar-refractivity contribution in [2.45, 2.75) is 39.2 Å². The molecule has 0 aromatic heterocycles. The van der Waals surface area contributed by atoms with E-state index >= 15 is 0 Å². The lowest BCUT2D eigenvalue weighted by Gasteiger charge is -2.24. The Labute approximate surface area is 155 Å². The monoisotopic (exact) mass is 359 g/mol. The molecule has 2 rings (SSSR count). The van der Waals surface area contributed by atoms with Crippen LogP contribution in [0.3, 0.4) is 0 Å². The van der Waals surface area contributed by atoms with E-state index in [1.54, 1.807) is 32.9 Å². The van der Waals surface area contributed by atoms with E-state index in [0.29, 0.717) is 24.7 Å². The molecule has 142 valence electrons. The number of aliphatic hydroxyl groups excluding tert-OH is 1. The molecular weight excluding hydrogens is 330 g/mol. The van der Waals surface area contributed by atoms with Crippen LogP contribution in [0.25, 0.3) is 0 Å². The van der Waals surface area contributed by atoms with Crippen LogP contribution in [0.15, 0.2) is 42.7 Å². The topological polar surface area (TPSA) is 59.0 Å². The molecule has 0 amide bonds. The Balaban J connectivity index is 2.06. The minimum Gasteiger partial charge on any atom is -0.511 e. The summed E-state index contributed by atoms with van der Waals surface area (Å²) in [6, 6.07) is 5.98. The van der Waals surface area contributed by atoms with E-state index in [4.69, 9.17) is 9.47 Å². The normalized spacial score (nSPS) is 15.7. The largest absolute Gasteiger partial charge is 0.511 e. The lowest BCUT2D eigenvalue weighted by Crippen LogP contribution is -2.39. The Morgan fingerprint density at radius 2 is 2.00 bits per heavy atom. The highest BCUT2D eigenvalue weighted by atomic mass is 16.6. The first-order chi connectivity index (χ1) is 12.4. The summed E-state index contributed by atoms with van der Waals surface area (Å²) >= 11 is 0. The van der Waals surface area contributed by atoms with E-state index in [9.17, 15) is 9.90 Å². The summed E-state index contributed by atoms with van der Waals surface area (Å²) in [4.78, 5) is 14.2. The SMILES string of the molecule is C=C/C=C(\O)CN1CCc2ccc(OC(C)(C)C(=O)OCC)cc2CC1. The summed E-state index contributed by atoms with van der Waals surface area (Å²) < 4.78 is 11.0. The van der Waals surface area contributed by atoms with Crippen LogP contribution in [0.1, 0.15) is 31.9 Å². The van der Waals surface area contributed by atoms with Crippen LogP contribution in [-0.4, -0.2) is 47.8 Å². The van der Waals surface area contributed by atoms with Crippen molar-refractivity contribution < 1.29 is 19.4 Å². The van der Waals surface area contributed by atoms with Gasteiger partial charge in [0, 0.05) is 13.1 Å². The Morgan fingerprint density at radius 1 is 1.31 bits per heavy atom. The molecule has 0 fully saturated rings. The molecule has 1 aliphatic rings. The third-order valence-corrected chi connectivity index (χ3v) is 4.41. The van der Waals surface area contributed by atoms with E-state index in [1.165, 1.54) is 11.1 Å². The van der Waals surface area contributed by atoms with E-state index in [-0.39, 0.29) is 5.97 Å². The van der Waals surface area contributed by atoms with E-state index in [1.807, 2.05) is 12.1 Å². The molecule has 0 atom stereocenters. The van der Waals surface area contributed by atoms with Crippen molar-refractivity contribution in [3.05, 3.63) is 53.8 Å². The zero-order valence-electron chi connectivity index (χ0n) is 16.0. The van der Waals surface area contributed by atoms with Crippen molar-refractivity contribution in [3.63, 3.8) is 0 Å². The molecule has 26 heavy (non-hydrogen) atoms. The summed E-state index contributed by atoms with van der Waals surface area (Å²) in [6.45, 7) is 11.4. The van der Waals surface area contributed by atoms with Crippen LogP contribution in [0, 0.1) is 0 Å². The summed E-state index contributed by atoms with van der Waals surface area (Å²) in [5.41, 5.74) is 1.47. The number of carbonyl (C=O) groups excluding carboxylic acids is 1. The highest BCUT2D eigenvalue weighted by Gasteiger charge is 2.31. The third-order valence-electron chi connectivity index (χ3n) is 4.41. The summed E-state index contributed by atoms with van der Waals surface area (Å²) in [5, 5.41) is 9.86. The fourth-order valence-electron chi connectivity index (χ4n) is 3.03. The second-order valence-electron chi connectivity index (χ2n) is 6.93. The van der Waals surface area contributed by atoms with Gasteiger partial charge in [0.1, 0.15) is 11.5 Å². The maximum Gasteiger partial charge on any atom is 0.349 e. The first kappa shape index (κ1) is 20.0. The molecule has 5 heteroatoms. The van der Waals surface area contributed by atoms with Gasteiger partial charge in [-0.05, 0) is 62.9 Å². The van der Waals surface area contributed by atoms with Crippen molar-refractivity contribution in [2.75, 3.05) is 26.2 Å². The molecule has 1 aromatic rings. The molecule has 0 unspecified atom stereocenters. The van der Waals surface area contributed by atoms with Crippen LogP contribution in [0.2, 0.25) is 0 Å². The number of nitrogens with zero attached hydrogens (tertiary/aromatic N) is 1. The molecular formula is C21H29NO4. The van der Waals surface area contributed by atoms with Crippen LogP contribution >= 0.6 is 0 Å². The fourth-order valence-corrected chi connectivity index (χ4v) is 3.03. The predicted molar refractivity (Wildman–Crippen MR) is 103 cm³/mol. The number of allylic oxidation sites excluding steroid dienone is 2. The Bertz CT molecular complexity index is 679. The van der Waals surface area contributed by atoms with Gasteiger partial charge in [0.15, 0.2) is 5.60 Å². The molecule has 1 aromatic carbocycles. The van der Waals surface area contributed by atoms with Gasteiger partial charge in [0.25, 0.3) is 0 Å². The van der Waals surface area contributed by atoms with Gasteiger partial charge >= 0.3 is 5.97 Å². The number of aliphatic hydroxyl groups is 1. The molecule has 1 N–H and O–H groups in total. The zero-order valence-corrected chi connectivity index (χ0v) is 16.0. The maximum absolute atomic E-state index is 12.0. The van der Waals surface area contributed by atoms with Gasteiger partial charge in [-0.25, -0.2) is 4.79 Å².